The normalized spacial score (nSPS) is 14.7. The molecule has 3 rings (SSSR count). The van der Waals surface area contributed by atoms with E-state index in [-0.39, 0.29) is 11.8 Å². The van der Waals surface area contributed by atoms with Crippen molar-refractivity contribution in [2.24, 2.45) is 0 Å². The Labute approximate surface area is 177 Å². The SMILES string of the molecule is CCc1c(C(=O)N2CCN(CC(=O)NCCOC)CC2)cnn1-c1ccc(C)cc1. The molecule has 8 heteroatoms. The van der Waals surface area contributed by atoms with E-state index in [1.807, 2.05) is 47.7 Å². The highest BCUT2D eigenvalue weighted by Gasteiger charge is 2.26. The number of aromatic nitrogens is 2. The highest BCUT2D eigenvalue weighted by molar-refractivity contribution is 5.95. The molecule has 0 bridgehead atoms. The number of methoxy groups -OCH3 is 1. The Hall–Kier alpha value is -2.71. The van der Waals surface area contributed by atoms with Gasteiger partial charge in [-0.25, -0.2) is 4.68 Å². The van der Waals surface area contributed by atoms with Gasteiger partial charge in [0.2, 0.25) is 5.91 Å². The monoisotopic (exact) mass is 413 g/mol. The first kappa shape index (κ1) is 22.0. The van der Waals surface area contributed by atoms with E-state index in [2.05, 4.69) is 15.3 Å². The number of nitrogens with one attached hydrogen (secondary N) is 1. The molecule has 1 aliphatic rings. The Kier molecular flexibility index (Phi) is 7.59. The molecular weight excluding hydrogens is 382 g/mol. The minimum Gasteiger partial charge on any atom is -0.383 e. The molecule has 0 spiro atoms. The molecule has 0 radical (unpaired) electrons. The van der Waals surface area contributed by atoms with Gasteiger partial charge in [0.1, 0.15) is 0 Å². The Morgan fingerprint density at radius 3 is 2.47 bits per heavy atom. The summed E-state index contributed by atoms with van der Waals surface area (Å²) in [6.45, 7) is 8.00. The number of carbonyl (C=O) groups is 2. The second-order valence-electron chi connectivity index (χ2n) is 7.52. The lowest BCUT2D eigenvalue weighted by Gasteiger charge is -2.34. The highest BCUT2D eigenvalue weighted by atomic mass is 16.5. The van der Waals surface area contributed by atoms with Crippen LogP contribution in [0.15, 0.2) is 30.5 Å². The van der Waals surface area contributed by atoms with E-state index in [1.165, 1.54) is 5.56 Å². The third-order valence-corrected chi connectivity index (χ3v) is 5.37. The molecule has 1 aliphatic heterocycles. The van der Waals surface area contributed by atoms with Crippen LogP contribution in [0.5, 0.6) is 0 Å². The maximum Gasteiger partial charge on any atom is 0.257 e. The van der Waals surface area contributed by atoms with Gasteiger partial charge < -0.3 is 15.0 Å². The smallest absolute Gasteiger partial charge is 0.257 e. The Bertz CT molecular complexity index is 854. The topological polar surface area (TPSA) is 79.7 Å². The fourth-order valence-electron chi connectivity index (χ4n) is 3.63. The van der Waals surface area contributed by atoms with E-state index >= 15 is 0 Å². The van der Waals surface area contributed by atoms with E-state index < -0.39 is 0 Å². The summed E-state index contributed by atoms with van der Waals surface area (Å²) < 4.78 is 6.79. The lowest BCUT2D eigenvalue weighted by molar-refractivity contribution is -0.122. The van der Waals surface area contributed by atoms with E-state index in [0.29, 0.717) is 51.4 Å². The van der Waals surface area contributed by atoms with Gasteiger partial charge in [0.05, 0.1) is 36.3 Å². The number of ether oxygens (including phenoxy) is 1. The molecule has 2 amide bonds. The van der Waals surface area contributed by atoms with Gasteiger partial charge in [-0.2, -0.15) is 5.10 Å². The molecule has 0 saturated carbocycles. The molecule has 30 heavy (non-hydrogen) atoms. The lowest BCUT2D eigenvalue weighted by atomic mass is 10.1. The van der Waals surface area contributed by atoms with Gasteiger partial charge in [-0.15, -0.1) is 0 Å². The van der Waals surface area contributed by atoms with Crippen LogP contribution in [0.2, 0.25) is 0 Å². The third kappa shape index (κ3) is 5.25. The second kappa shape index (κ2) is 10.4. The maximum absolute atomic E-state index is 13.1. The third-order valence-electron chi connectivity index (χ3n) is 5.37. The van der Waals surface area contributed by atoms with Gasteiger partial charge in [-0.1, -0.05) is 24.6 Å². The summed E-state index contributed by atoms with van der Waals surface area (Å²) in [5.41, 5.74) is 3.72. The van der Waals surface area contributed by atoms with Gasteiger partial charge in [0, 0.05) is 39.8 Å². The van der Waals surface area contributed by atoms with Crippen LogP contribution in [0.1, 0.15) is 28.5 Å². The maximum atomic E-state index is 13.1. The average Bonchev–Trinajstić information content (AvgIpc) is 3.18. The van der Waals surface area contributed by atoms with E-state index in [0.717, 1.165) is 17.8 Å². The average molecular weight is 414 g/mol. The summed E-state index contributed by atoms with van der Waals surface area (Å²) in [4.78, 5) is 29.0. The molecule has 1 N–H and O–H groups in total. The summed E-state index contributed by atoms with van der Waals surface area (Å²) in [5.74, 6) is -0.00567. The van der Waals surface area contributed by atoms with Crippen LogP contribution in [-0.4, -0.2) is 84.4 Å². The number of piperazine rings is 1. The molecule has 0 unspecified atom stereocenters. The van der Waals surface area contributed by atoms with E-state index in [9.17, 15) is 9.59 Å². The summed E-state index contributed by atoms with van der Waals surface area (Å²) in [5, 5.41) is 7.32. The van der Waals surface area contributed by atoms with E-state index in [4.69, 9.17) is 4.74 Å². The van der Waals surface area contributed by atoms with Crippen molar-refractivity contribution in [3.8, 4) is 5.69 Å². The van der Waals surface area contributed by atoms with Crippen molar-refractivity contribution in [1.29, 1.82) is 0 Å². The first-order valence-corrected chi connectivity index (χ1v) is 10.4. The Morgan fingerprint density at radius 2 is 1.83 bits per heavy atom. The zero-order valence-corrected chi connectivity index (χ0v) is 18.1. The van der Waals surface area contributed by atoms with Crippen molar-refractivity contribution in [2.45, 2.75) is 20.3 Å². The molecular formula is C22H31N5O3. The Morgan fingerprint density at radius 1 is 1.13 bits per heavy atom. The number of aryl methyl sites for hydroxylation is 1. The van der Waals surface area contributed by atoms with Crippen LogP contribution in [-0.2, 0) is 16.0 Å². The largest absolute Gasteiger partial charge is 0.383 e. The molecule has 162 valence electrons. The van der Waals surface area contributed by atoms with E-state index in [1.54, 1.807) is 13.3 Å². The van der Waals surface area contributed by atoms with Gasteiger partial charge in [0.15, 0.2) is 0 Å². The first-order valence-electron chi connectivity index (χ1n) is 10.4. The van der Waals surface area contributed by atoms with Crippen LogP contribution in [0, 0.1) is 6.92 Å². The molecule has 1 aromatic heterocycles. The fourth-order valence-corrected chi connectivity index (χ4v) is 3.63. The van der Waals surface area contributed by atoms with Gasteiger partial charge in [-0.3, -0.25) is 14.5 Å². The molecule has 2 aromatic rings. The number of benzene rings is 1. The zero-order chi connectivity index (χ0) is 21.5. The zero-order valence-electron chi connectivity index (χ0n) is 18.1. The van der Waals surface area contributed by atoms with Gasteiger partial charge in [0.25, 0.3) is 5.91 Å². The molecule has 2 heterocycles. The predicted molar refractivity (Wildman–Crippen MR) is 115 cm³/mol. The minimum atomic E-state index is -0.0144. The number of hydrogen-bond acceptors (Lipinski definition) is 5. The number of rotatable bonds is 8. The molecule has 0 aliphatic carbocycles. The minimum absolute atomic E-state index is 0.00871. The van der Waals surface area contributed by atoms with Gasteiger partial charge >= 0.3 is 0 Å². The summed E-state index contributed by atoms with van der Waals surface area (Å²) >= 11 is 0. The number of amides is 2. The van der Waals surface area contributed by atoms with Crippen molar-refractivity contribution in [1.82, 2.24) is 24.9 Å². The number of hydrogen-bond donors (Lipinski definition) is 1. The second-order valence-corrected chi connectivity index (χ2v) is 7.52. The van der Waals surface area contributed by atoms with Crippen LogP contribution in [0.4, 0.5) is 0 Å². The van der Waals surface area contributed by atoms with Crippen LogP contribution >= 0.6 is 0 Å². The standard InChI is InChI=1S/C22H31N5O3/c1-4-20-19(15-24-27(20)18-7-5-17(2)6-8-18)22(29)26-12-10-25(11-13-26)16-21(28)23-9-14-30-3/h5-8,15H,4,9-14,16H2,1-3H3,(H,23,28). The molecule has 8 nitrogen and oxygen atoms in total. The van der Waals surface area contributed by atoms with Crippen LogP contribution < -0.4 is 5.32 Å². The predicted octanol–water partition coefficient (Wildman–Crippen LogP) is 1.26. The quantitative estimate of drug-likeness (QED) is 0.659. The number of carbonyl (C=O) groups excluding carboxylic acids is 2. The highest BCUT2D eigenvalue weighted by Crippen LogP contribution is 2.19. The van der Waals surface area contributed by atoms with Crippen LogP contribution in [0.3, 0.4) is 0 Å². The summed E-state index contributed by atoms with van der Waals surface area (Å²) in [7, 11) is 1.61. The number of nitrogens with zero attached hydrogens (tertiary/aromatic N) is 4. The van der Waals surface area contributed by atoms with Crippen molar-refractivity contribution in [2.75, 3.05) is 53.0 Å². The van der Waals surface area contributed by atoms with Crippen LogP contribution in [0.25, 0.3) is 5.69 Å². The fraction of sp³-hybridized carbons (Fsp3) is 0.500. The molecule has 1 fully saturated rings. The van der Waals surface area contributed by atoms with Gasteiger partial charge in [-0.05, 0) is 25.5 Å². The Balaban J connectivity index is 1.60. The molecule has 0 atom stereocenters. The lowest BCUT2D eigenvalue weighted by Crippen LogP contribution is -2.51. The van der Waals surface area contributed by atoms with Crippen molar-refractivity contribution in [3.05, 3.63) is 47.3 Å². The van der Waals surface area contributed by atoms with Crippen molar-refractivity contribution < 1.29 is 14.3 Å². The van der Waals surface area contributed by atoms with Crippen molar-refractivity contribution >= 4 is 11.8 Å². The first-order chi connectivity index (χ1) is 14.5. The molecule has 1 saturated heterocycles. The molecule has 1 aromatic carbocycles. The van der Waals surface area contributed by atoms with Crippen molar-refractivity contribution in [3.63, 3.8) is 0 Å². The summed E-state index contributed by atoms with van der Waals surface area (Å²) in [6.07, 6.45) is 2.40. The summed E-state index contributed by atoms with van der Waals surface area (Å²) in [6, 6.07) is 8.13.